The normalized spacial score (nSPS) is 17.1. The number of halogens is 1. The minimum atomic E-state index is 0.375. The third-order valence-corrected chi connectivity index (χ3v) is 7.90. The molecular weight excluding hydrogens is 498 g/mol. The molecule has 6 rings (SSSR count). The summed E-state index contributed by atoms with van der Waals surface area (Å²) >= 11 is 5.96. The Hall–Kier alpha value is -3.61. The van der Waals surface area contributed by atoms with Crippen LogP contribution in [-0.2, 0) is 6.42 Å². The van der Waals surface area contributed by atoms with Gasteiger partial charge in [-0.2, -0.15) is 0 Å². The van der Waals surface area contributed by atoms with Crippen LogP contribution >= 0.6 is 11.6 Å². The topological polar surface area (TPSA) is 71.1 Å². The summed E-state index contributed by atoms with van der Waals surface area (Å²) in [6, 6.07) is 20.1. The van der Waals surface area contributed by atoms with Gasteiger partial charge in [-0.3, -0.25) is 9.88 Å². The van der Waals surface area contributed by atoms with Gasteiger partial charge in [0, 0.05) is 46.6 Å². The molecule has 2 aliphatic rings. The molecule has 1 aliphatic heterocycles. The lowest BCUT2D eigenvalue weighted by atomic mass is 9.93. The molecule has 3 heterocycles. The number of hydrogen-bond acceptors (Lipinski definition) is 6. The minimum absolute atomic E-state index is 0.375. The van der Waals surface area contributed by atoms with E-state index in [2.05, 4.69) is 39.3 Å². The highest BCUT2D eigenvalue weighted by Crippen LogP contribution is 2.41. The van der Waals surface area contributed by atoms with E-state index in [1.165, 1.54) is 5.56 Å². The summed E-state index contributed by atoms with van der Waals surface area (Å²) in [5.74, 6) is 3.16. The zero-order chi connectivity index (χ0) is 25.9. The average molecular weight is 528 g/mol. The van der Waals surface area contributed by atoms with Gasteiger partial charge in [0.2, 0.25) is 0 Å². The Balaban J connectivity index is 1.17. The summed E-state index contributed by atoms with van der Waals surface area (Å²) < 4.78 is 12.5. The maximum Gasteiger partial charge on any atom is 0.142 e. The fraction of sp³-hybridized carbons (Fsp3) is 0.290. The summed E-state index contributed by atoms with van der Waals surface area (Å²) in [4.78, 5) is 6.66. The van der Waals surface area contributed by atoms with E-state index in [4.69, 9.17) is 20.8 Å². The van der Waals surface area contributed by atoms with E-state index in [-0.39, 0.29) is 0 Å². The SMILES string of the molecule is O/N=C1\CCc2cc(-c3oc(C4CCN(CCOc5ccc(Cl)cc5)CC4)cc3-c3ccncc3)ccc21. The van der Waals surface area contributed by atoms with E-state index in [0.29, 0.717) is 17.5 Å². The first-order valence-electron chi connectivity index (χ1n) is 13.2. The second kappa shape index (κ2) is 11.0. The van der Waals surface area contributed by atoms with Crippen molar-refractivity contribution in [3.8, 4) is 28.2 Å². The smallest absolute Gasteiger partial charge is 0.142 e. The van der Waals surface area contributed by atoms with Crippen LogP contribution in [0.4, 0.5) is 0 Å². The Morgan fingerprint density at radius 2 is 1.74 bits per heavy atom. The molecule has 1 saturated heterocycles. The third-order valence-electron chi connectivity index (χ3n) is 7.65. The lowest BCUT2D eigenvalue weighted by Gasteiger charge is -2.30. The molecule has 0 unspecified atom stereocenters. The van der Waals surface area contributed by atoms with Gasteiger partial charge in [-0.05, 0) is 98.4 Å². The predicted octanol–water partition coefficient (Wildman–Crippen LogP) is 7.04. The van der Waals surface area contributed by atoms with Gasteiger partial charge in [0.05, 0.1) is 5.71 Å². The first-order valence-corrected chi connectivity index (χ1v) is 13.5. The summed E-state index contributed by atoms with van der Waals surface area (Å²) in [6.07, 6.45) is 7.38. The minimum Gasteiger partial charge on any atom is -0.492 e. The van der Waals surface area contributed by atoms with Crippen molar-refractivity contribution in [3.05, 3.63) is 95.0 Å². The molecule has 0 bridgehead atoms. The molecule has 38 heavy (non-hydrogen) atoms. The van der Waals surface area contributed by atoms with Gasteiger partial charge in [-0.25, -0.2) is 0 Å². The Morgan fingerprint density at radius 3 is 2.50 bits per heavy atom. The zero-order valence-corrected chi connectivity index (χ0v) is 21.9. The highest BCUT2D eigenvalue weighted by Gasteiger charge is 2.26. The Bertz CT molecular complexity index is 1420. The number of likely N-dealkylation sites (tertiary alicyclic amines) is 1. The van der Waals surface area contributed by atoms with E-state index in [9.17, 15) is 5.21 Å². The van der Waals surface area contributed by atoms with Crippen LogP contribution in [0.5, 0.6) is 5.75 Å². The highest BCUT2D eigenvalue weighted by atomic mass is 35.5. The van der Waals surface area contributed by atoms with Crippen LogP contribution in [0.25, 0.3) is 22.5 Å². The molecule has 2 aromatic carbocycles. The number of rotatable bonds is 7. The lowest BCUT2D eigenvalue weighted by molar-refractivity contribution is 0.168. The molecule has 4 aromatic rings. The van der Waals surface area contributed by atoms with Crippen molar-refractivity contribution in [2.24, 2.45) is 5.16 Å². The third kappa shape index (κ3) is 5.19. The van der Waals surface area contributed by atoms with E-state index < -0.39 is 0 Å². The maximum absolute atomic E-state index is 9.32. The van der Waals surface area contributed by atoms with Crippen molar-refractivity contribution in [2.45, 2.75) is 31.6 Å². The van der Waals surface area contributed by atoms with Gasteiger partial charge in [-0.1, -0.05) is 28.9 Å². The average Bonchev–Trinajstić information content (AvgIpc) is 3.59. The molecule has 6 nitrogen and oxygen atoms in total. The van der Waals surface area contributed by atoms with Crippen LogP contribution in [0.3, 0.4) is 0 Å². The van der Waals surface area contributed by atoms with Crippen molar-refractivity contribution >= 4 is 17.3 Å². The van der Waals surface area contributed by atoms with Crippen molar-refractivity contribution in [2.75, 3.05) is 26.2 Å². The monoisotopic (exact) mass is 527 g/mol. The number of fused-ring (bicyclic) bond motifs is 1. The van der Waals surface area contributed by atoms with Gasteiger partial charge in [0.25, 0.3) is 0 Å². The van der Waals surface area contributed by atoms with Crippen molar-refractivity contribution in [3.63, 3.8) is 0 Å². The zero-order valence-electron chi connectivity index (χ0n) is 21.1. The number of piperidine rings is 1. The Morgan fingerprint density at radius 1 is 0.947 bits per heavy atom. The summed E-state index contributed by atoms with van der Waals surface area (Å²) in [6.45, 7) is 3.58. The number of hydrogen-bond donors (Lipinski definition) is 1. The van der Waals surface area contributed by atoms with Gasteiger partial charge in [0.15, 0.2) is 0 Å². The van der Waals surface area contributed by atoms with Crippen molar-refractivity contribution in [1.29, 1.82) is 0 Å². The standard InChI is InChI=1S/C31H30ClN3O3/c32-25-3-5-26(6-4-25)37-18-17-35-15-11-22(12-16-35)30-20-28(21-9-13-33-14-10-21)31(38-30)24-1-7-27-23(19-24)2-8-29(27)34-36/h1,3-7,9-10,13-14,19-20,22,36H,2,8,11-12,15-18H2/b34-29+. The number of ether oxygens (including phenoxy) is 1. The lowest BCUT2D eigenvalue weighted by Crippen LogP contribution is -2.35. The van der Waals surface area contributed by atoms with Crippen LogP contribution in [0, 0.1) is 0 Å². The second-order valence-corrected chi connectivity index (χ2v) is 10.4. The number of pyridine rings is 1. The number of aromatic nitrogens is 1. The fourth-order valence-corrected chi connectivity index (χ4v) is 5.68. The Kier molecular flexibility index (Phi) is 7.16. The van der Waals surface area contributed by atoms with Gasteiger partial charge < -0.3 is 14.4 Å². The number of benzene rings is 2. The number of aryl methyl sites for hydroxylation is 1. The number of oxime groups is 1. The molecule has 0 radical (unpaired) electrons. The molecule has 0 saturated carbocycles. The first-order chi connectivity index (χ1) is 18.7. The molecule has 0 atom stereocenters. The van der Waals surface area contributed by atoms with Gasteiger partial charge >= 0.3 is 0 Å². The molecule has 194 valence electrons. The highest BCUT2D eigenvalue weighted by molar-refractivity contribution is 6.30. The first kappa shape index (κ1) is 24.7. The van der Waals surface area contributed by atoms with Crippen molar-refractivity contribution in [1.82, 2.24) is 9.88 Å². The molecule has 7 heteroatoms. The number of nitrogens with zero attached hydrogens (tertiary/aromatic N) is 3. The van der Waals surface area contributed by atoms with Crippen LogP contribution in [0.2, 0.25) is 5.02 Å². The molecular formula is C31H30ClN3O3. The van der Waals surface area contributed by atoms with Crippen LogP contribution in [0.1, 0.15) is 42.1 Å². The van der Waals surface area contributed by atoms with E-state index in [0.717, 1.165) is 90.6 Å². The Labute approximate surface area is 227 Å². The summed E-state index contributed by atoms with van der Waals surface area (Å²) in [7, 11) is 0. The molecule has 0 spiro atoms. The van der Waals surface area contributed by atoms with Crippen LogP contribution < -0.4 is 4.74 Å². The second-order valence-electron chi connectivity index (χ2n) is 9.96. The molecule has 1 fully saturated rings. The predicted molar refractivity (Wildman–Crippen MR) is 149 cm³/mol. The van der Waals surface area contributed by atoms with Crippen LogP contribution in [0.15, 0.2) is 82.6 Å². The fourth-order valence-electron chi connectivity index (χ4n) is 5.55. The molecule has 2 aromatic heterocycles. The number of furan rings is 1. The molecule has 1 N–H and O–H groups in total. The van der Waals surface area contributed by atoms with E-state index in [1.807, 2.05) is 48.8 Å². The van der Waals surface area contributed by atoms with Gasteiger partial charge in [0.1, 0.15) is 23.9 Å². The van der Waals surface area contributed by atoms with Crippen LogP contribution in [-0.4, -0.2) is 47.0 Å². The van der Waals surface area contributed by atoms with Crippen molar-refractivity contribution < 1.29 is 14.4 Å². The van der Waals surface area contributed by atoms with E-state index >= 15 is 0 Å². The quantitative estimate of drug-likeness (QED) is 0.206. The largest absolute Gasteiger partial charge is 0.492 e. The molecule has 1 aliphatic carbocycles. The maximum atomic E-state index is 9.32. The van der Waals surface area contributed by atoms with E-state index in [1.54, 1.807) is 0 Å². The summed E-state index contributed by atoms with van der Waals surface area (Å²) in [5, 5.41) is 13.5. The summed E-state index contributed by atoms with van der Waals surface area (Å²) in [5.41, 5.74) is 6.23. The molecule has 0 amide bonds. The van der Waals surface area contributed by atoms with Gasteiger partial charge in [-0.15, -0.1) is 0 Å².